The third-order valence-corrected chi connectivity index (χ3v) is 3.22. The Kier molecular flexibility index (Phi) is 2.42. The van der Waals surface area contributed by atoms with E-state index in [-0.39, 0.29) is 6.10 Å². The van der Waals surface area contributed by atoms with E-state index in [1.165, 1.54) is 0 Å². The molecule has 0 saturated carbocycles. The highest BCUT2D eigenvalue weighted by molar-refractivity contribution is 5.50. The van der Waals surface area contributed by atoms with E-state index in [9.17, 15) is 0 Å². The van der Waals surface area contributed by atoms with E-state index in [2.05, 4.69) is 6.07 Å². The number of nitriles is 1. The van der Waals surface area contributed by atoms with Crippen LogP contribution in [-0.4, -0.2) is 0 Å². The first-order valence-electron chi connectivity index (χ1n) is 5.82. The lowest BCUT2D eigenvalue weighted by atomic mass is 10.00. The summed E-state index contributed by atoms with van der Waals surface area (Å²) in [6.07, 6.45) is 0.721. The number of nitrogen functional groups attached to an aromatic ring is 1. The third-order valence-electron chi connectivity index (χ3n) is 3.22. The summed E-state index contributed by atoms with van der Waals surface area (Å²) in [5.74, 6) is 0.816. The molecule has 18 heavy (non-hydrogen) atoms. The van der Waals surface area contributed by atoms with Gasteiger partial charge in [-0.25, -0.2) is 0 Å². The quantitative estimate of drug-likeness (QED) is 0.774. The second-order valence-corrected chi connectivity index (χ2v) is 4.37. The number of hydrogen-bond donors (Lipinski definition) is 1. The Morgan fingerprint density at radius 1 is 1.17 bits per heavy atom. The molecular weight excluding hydrogens is 224 g/mol. The number of ether oxygens (including phenoxy) is 1. The van der Waals surface area contributed by atoms with Crippen molar-refractivity contribution in [2.75, 3.05) is 5.73 Å². The third kappa shape index (κ3) is 1.68. The molecule has 3 rings (SSSR count). The van der Waals surface area contributed by atoms with Crippen LogP contribution in [0.1, 0.15) is 22.8 Å². The van der Waals surface area contributed by atoms with Crippen molar-refractivity contribution >= 4 is 5.69 Å². The molecule has 1 atom stereocenters. The summed E-state index contributed by atoms with van der Waals surface area (Å²) in [6.45, 7) is 0. The zero-order valence-corrected chi connectivity index (χ0v) is 9.76. The molecule has 0 radical (unpaired) electrons. The van der Waals surface area contributed by atoms with E-state index in [1.807, 2.05) is 42.5 Å². The number of rotatable bonds is 1. The van der Waals surface area contributed by atoms with E-state index in [0.717, 1.165) is 29.0 Å². The van der Waals surface area contributed by atoms with E-state index in [4.69, 9.17) is 15.7 Å². The Morgan fingerprint density at radius 2 is 1.94 bits per heavy atom. The van der Waals surface area contributed by atoms with Crippen LogP contribution in [0.15, 0.2) is 42.5 Å². The van der Waals surface area contributed by atoms with Gasteiger partial charge in [-0.05, 0) is 29.8 Å². The number of benzene rings is 2. The van der Waals surface area contributed by atoms with E-state index in [0.29, 0.717) is 5.56 Å². The van der Waals surface area contributed by atoms with Crippen molar-refractivity contribution in [1.82, 2.24) is 0 Å². The summed E-state index contributed by atoms with van der Waals surface area (Å²) in [4.78, 5) is 0. The molecule has 0 aromatic heterocycles. The number of nitrogens with zero attached hydrogens (tertiary/aromatic N) is 1. The molecule has 0 aliphatic carbocycles. The van der Waals surface area contributed by atoms with Gasteiger partial charge in [0.05, 0.1) is 11.6 Å². The van der Waals surface area contributed by atoms with Gasteiger partial charge in [0.1, 0.15) is 11.9 Å². The Morgan fingerprint density at radius 3 is 2.67 bits per heavy atom. The predicted molar refractivity (Wildman–Crippen MR) is 69.1 cm³/mol. The average Bonchev–Trinajstić information content (AvgIpc) is 2.83. The Bertz CT molecular complexity index is 626. The standard InChI is InChI=1S/C15H12N2O/c16-9-11-2-1-3-14-13(11)8-15(18-14)10-4-6-12(17)7-5-10/h1-7,15H,8,17H2. The van der Waals surface area contributed by atoms with Crippen molar-refractivity contribution in [2.24, 2.45) is 0 Å². The molecule has 0 bridgehead atoms. The maximum absolute atomic E-state index is 9.07. The topological polar surface area (TPSA) is 59.0 Å². The zero-order valence-electron chi connectivity index (χ0n) is 9.76. The molecule has 3 nitrogen and oxygen atoms in total. The second kappa shape index (κ2) is 4.08. The van der Waals surface area contributed by atoms with Crippen molar-refractivity contribution in [3.63, 3.8) is 0 Å². The van der Waals surface area contributed by atoms with Crippen LogP contribution in [0, 0.1) is 11.3 Å². The van der Waals surface area contributed by atoms with Gasteiger partial charge in [-0.15, -0.1) is 0 Å². The summed E-state index contributed by atoms with van der Waals surface area (Å²) in [5, 5.41) is 9.07. The van der Waals surface area contributed by atoms with Gasteiger partial charge < -0.3 is 10.5 Å². The van der Waals surface area contributed by atoms with E-state index in [1.54, 1.807) is 0 Å². The van der Waals surface area contributed by atoms with Gasteiger partial charge in [-0.1, -0.05) is 18.2 Å². The monoisotopic (exact) mass is 236 g/mol. The van der Waals surface area contributed by atoms with Crippen LogP contribution in [0.3, 0.4) is 0 Å². The van der Waals surface area contributed by atoms with Crippen LogP contribution in [0.25, 0.3) is 0 Å². The largest absolute Gasteiger partial charge is 0.485 e. The van der Waals surface area contributed by atoms with Crippen LogP contribution < -0.4 is 10.5 Å². The van der Waals surface area contributed by atoms with E-state index >= 15 is 0 Å². The van der Waals surface area contributed by atoms with Crippen molar-refractivity contribution in [2.45, 2.75) is 12.5 Å². The van der Waals surface area contributed by atoms with Gasteiger partial charge in [0.15, 0.2) is 0 Å². The average molecular weight is 236 g/mol. The molecule has 2 aromatic rings. The molecule has 0 fully saturated rings. The molecule has 0 saturated heterocycles. The van der Waals surface area contributed by atoms with Crippen LogP contribution in [-0.2, 0) is 6.42 Å². The first-order chi connectivity index (χ1) is 8.78. The van der Waals surface area contributed by atoms with Gasteiger partial charge in [0, 0.05) is 17.7 Å². The Labute approximate surface area is 105 Å². The van der Waals surface area contributed by atoms with Gasteiger partial charge in [-0.3, -0.25) is 0 Å². The van der Waals surface area contributed by atoms with Crippen LogP contribution >= 0.6 is 0 Å². The van der Waals surface area contributed by atoms with Crippen molar-refractivity contribution in [3.8, 4) is 11.8 Å². The normalized spacial score (nSPS) is 16.7. The minimum Gasteiger partial charge on any atom is -0.485 e. The smallest absolute Gasteiger partial charge is 0.128 e. The second-order valence-electron chi connectivity index (χ2n) is 4.37. The van der Waals surface area contributed by atoms with Crippen molar-refractivity contribution < 1.29 is 4.74 Å². The fraction of sp³-hybridized carbons (Fsp3) is 0.133. The molecule has 2 N–H and O–H groups in total. The van der Waals surface area contributed by atoms with E-state index < -0.39 is 0 Å². The molecule has 1 aliphatic rings. The van der Waals surface area contributed by atoms with Gasteiger partial charge in [0.2, 0.25) is 0 Å². The van der Waals surface area contributed by atoms with Crippen LogP contribution in [0.4, 0.5) is 5.69 Å². The number of hydrogen-bond acceptors (Lipinski definition) is 3. The lowest BCUT2D eigenvalue weighted by Gasteiger charge is -2.10. The molecule has 0 amide bonds. The number of anilines is 1. The van der Waals surface area contributed by atoms with Crippen LogP contribution in [0.5, 0.6) is 5.75 Å². The molecule has 0 spiro atoms. The summed E-state index contributed by atoms with van der Waals surface area (Å²) in [7, 11) is 0. The maximum atomic E-state index is 9.07. The van der Waals surface area contributed by atoms with Gasteiger partial charge in [0.25, 0.3) is 0 Å². The molecule has 1 unspecified atom stereocenters. The number of nitrogens with two attached hydrogens (primary N) is 1. The summed E-state index contributed by atoms with van der Waals surface area (Å²) < 4.78 is 5.88. The van der Waals surface area contributed by atoms with Crippen molar-refractivity contribution in [1.29, 1.82) is 5.26 Å². The fourth-order valence-electron chi connectivity index (χ4n) is 2.27. The summed E-state index contributed by atoms with van der Waals surface area (Å²) in [6, 6.07) is 15.5. The summed E-state index contributed by atoms with van der Waals surface area (Å²) >= 11 is 0. The first-order valence-corrected chi connectivity index (χ1v) is 5.82. The highest BCUT2D eigenvalue weighted by atomic mass is 16.5. The predicted octanol–water partition coefficient (Wildman–Crippen LogP) is 2.82. The fourth-order valence-corrected chi connectivity index (χ4v) is 2.27. The molecule has 1 heterocycles. The lowest BCUT2D eigenvalue weighted by molar-refractivity contribution is 0.239. The molecule has 88 valence electrons. The lowest BCUT2D eigenvalue weighted by Crippen LogP contribution is -2.03. The highest BCUT2D eigenvalue weighted by Gasteiger charge is 2.26. The van der Waals surface area contributed by atoms with Gasteiger partial charge >= 0.3 is 0 Å². The van der Waals surface area contributed by atoms with Crippen LogP contribution in [0.2, 0.25) is 0 Å². The first kappa shape index (κ1) is 10.7. The number of fused-ring (bicyclic) bond motifs is 1. The zero-order chi connectivity index (χ0) is 12.5. The van der Waals surface area contributed by atoms with Crippen molar-refractivity contribution in [3.05, 3.63) is 59.2 Å². The molecular formula is C15H12N2O. The van der Waals surface area contributed by atoms with Gasteiger partial charge in [-0.2, -0.15) is 5.26 Å². The molecule has 3 heteroatoms. The SMILES string of the molecule is N#Cc1cccc2c1CC(c1ccc(N)cc1)O2. The minimum absolute atomic E-state index is 0.0184. The Hall–Kier alpha value is -2.47. The maximum Gasteiger partial charge on any atom is 0.128 e. The Balaban J connectivity index is 1.94. The summed E-state index contributed by atoms with van der Waals surface area (Å²) in [5.41, 5.74) is 9.20. The molecule has 2 aromatic carbocycles. The highest BCUT2D eigenvalue weighted by Crippen LogP contribution is 2.38. The molecule has 1 aliphatic heterocycles. The minimum atomic E-state index is -0.0184.